The van der Waals surface area contributed by atoms with E-state index in [1.165, 1.54) is 11.8 Å². The number of piperidine rings is 1. The first-order valence-electron chi connectivity index (χ1n) is 7.76. The average Bonchev–Trinajstić information content (AvgIpc) is 2.60. The van der Waals surface area contributed by atoms with Crippen molar-refractivity contribution < 1.29 is 5.11 Å². The van der Waals surface area contributed by atoms with Crippen LogP contribution in [0.2, 0.25) is 5.02 Å². The Kier molecular flexibility index (Phi) is 5.12. The molecule has 3 N–H and O–H groups in total. The van der Waals surface area contributed by atoms with E-state index in [1.54, 1.807) is 24.7 Å². The third-order valence-electron chi connectivity index (χ3n) is 4.39. The number of anilines is 2. The highest BCUT2D eigenvalue weighted by atomic mass is 35.5. The summed E-state index contributed by atoms with van der Waals surface area (Å²) in [5, 5.41) is 10.6. The summed E-state index contributed by atoms with van der Waals surface area (Å²) < 4.78 is 0. The highest BCUT2D eigenvalue weighted by Crippen LogP contribution is 2.35. The maximum Gasteiger partial charge on any atom is 0.147 e. The standard InChI is InChI=1S/C16H20ClN5OS/c1-16(10-23)3-6-22(7-4-16)12-8-21-13(9-20-12)24-11-2-5-19-15(18)14(11)17/h2,5,8-9,23H,3-4,6-7,10H2,1H3,(H2,18,19). The number of aliphatic hydroxyl groups is 1. The van der Waals surface area contributed by atoms with Gasteiger partial charge in [-0.1, -0.05) is 30.3 Å². The summed E-state index contributed by atoms with van der Waals surface area (Å²) in [6.07, 6.45) is 7.05. The Bertz CT molecular complexity index is 704. The highest BCUT2D eigenvalue weighted by Gasteiger charge is 2.29. The largest absolute Gasteiger partial charge is 0.396 e. The predicted molar refractivity (Wildman–Crippen MR) is 96.5 cm³/mol. The molecule has 0 saturated carbocycles. The minimum atomic E-state index is 0.0255. The summed E-state index contributed by atoms with van der Waals surface area (Å²) >= 11 is 7.56. The molecule has 1 saturated heterocycles. The minimum Gasteiger partial charge on any atom is -0.396 e. The van der Waals surface area contributed by atoms with E-state index in [-0.39, 0.29) is 12.0 Å². The summed E-state index contributed by atoms with van der Waals surface area (Å²) in [6, 6.07) is 1.80. The normalized spacial score (nSPS) is 17.0. The van der Waals surface area contributed by atoms with Crippen molar-refractivity contribution in [2.24, 2.45) is 5.41 Å². The van der Waals surface area contributed by atoms with Crippen LogP contribution in [-0.4, -0.2) is 39.8 Å². The number of hydrogen-bond donors (Lipinski definition) is 2. The zero-order valence-electron chi connectivity index (χ0n) is 13.4. The van der Waals surface area contributed by atoms with E-state index in [0.717, 1.165) is 41.7 Å². The first-order valence-corrected chi connectivity index (χ1v) is 8.96. The monoisotopic (exact) mass is 365 g/mol. The van der Waals surface area contributed by atoms with Gasteiger partial charge in [0, 0.05) is 30.8 Å². The van der Waals surface area contributed by atoms with Crippen LogP contribution in [-0.2, 0) is 0 Å². The SMILES string of the molecule is CC1(CO)CCN(c2cnc(Sc3ccnc(N)c3Cl)cn2)CC1. The van der Waals surface area contributed by atoms with Crippen molar-refractivity contribution in [2.45, 2.75) is 29.7 Å². The Morgan fingerprint density at radius 2 is 2.04 bits per heavy atom. The van der Waals surface area contributed by atoms with Crippen LogP contribution in [0.3, 0.4) is 0 Å². The van der Waals surface area contributed by atoms with Gasteiger partial charge in [-0.05, 0) is 24.3 Å². The maximum absolute atomic E-state index is 9.45. The second-order valence-corrected chi connectivity index (χ2v) is 7.72. The molecule has 2 aromatic rings. The summed E-state index contributed by atoms with van der Waals surface area (Å²) in [7, 11) is 0. The van der Waals surface area contributed by atoms with Crippen molar-refractivity contribution >= 4 is 35.0 Å². The van der Waals surface area contributed by atoms with E-state index in [9.17, 15) is 5.11 Å². The van der Waals surface area contributed by atoms with Crippen molar-refractivity contribution in [2.75, 3.05) is 30.3 Å². The van der Waals surface area contributed by atoms with Crippen LogP contribution in [0.5, 0.6) is 0 Å². The van der Waals surface area contributed by atoms with Crippen molar-refractivity contribution in [3.05, 3.63) is 29.7 Å². The zero-order chi connectivity index (χ0) is 17.2. The van der Waals surface area contributed by atoms with Gasteiger partial charge >= 0.3 is 0 Å². The molecular formula is C16H20ClN5OS. The lowest BCUT2D eigenvalue weighted by molar-refractivity contribution is 0.114. The lowest BCUT2D eigenvalue weighted by atomic mass is 9.81. The zero-order valence-corrected chi connectivity index (χ0v) is 15.0. The van der Waals surface area contributed by atoms with Gasteiger partial charge in [-0.25, -0.2) is 15.0 Å². The second-order valence-electron chi connectivity index (χ2n) is 6.28. The summed E-state index contributed by atoms with van der Waals surface area (Å²) in [4.78, 5) is 15.9. The molecular weight excluding hydrogens is 346 g/mol. The average molecular weight is 366 g/mol. The summed E-state index contributed by atoms with van der Waals surface area (Å²) in [6.45, 7) is 4.12. The van der Waals surface area contributed by atoms with Crippen LogP contribution in [0.15, 0.2) is 34.6 Å². The molecule has 0 aromatic carbocycles. The van der Waals surface area contributed by atoms with E-state index in [1.807, 2.05) is 0 Å². The maximum atomic E-state index is 9.45. The molecule has 3 heterocycles. The van der Waals surface area contributed by atoms with Gasteiger partial charge in [0.15, 0.2) is 0 Å². The first-order chi connectivity index (χ1) is 11.5. The number of nitrogen functional groups attached to an aromatic ring is 1. The predicted octanol–water partition coefficient (Wildman–Crippen LogP) is 2.86. The second kappa shape index (κ2) is 7.13. The van der Waals surface area contributed by atoms with E-state index >= 15 is 0 Å². The molecule has 2 aromatic heterocycles. The lowest BCUT2D eigenvalue weighted by Crippen LogP contribution is -2.40. The van der Waals surface area contributed by atoms with Crippen LogP contribution < -0.4 is 10.6 Å². The molecule has 0 spiro atoms. The third-order valence-corrected chi connectivity index (χ3v) is 5.88. The molecule has 0 unspecified atom stereocenters. The van der Waals surface area contributed by atoms with Crippen molar-refractivity contribution in [3.63, 3.8) is 0 Å². The molecule has 0 aliphatic carbocycles. The number of pyridine rings is 1. The Morgan fingerprint density at radius 1 is 1.29 bits per heavy atom. The number of nitrogens with zero attached hydrogens (tertiary/aromatic N) is 4. The van der Waals surface area contributed by atoms with Crippen LogP contribution in [0.4, 0.5) is 11.6 Å². The van der Waals surface area contributed by atoms with Gasteiger partial charge in [0.2, 0.25) is 0 Å². The topological polar surface area (TPSA) is 88.2 Å². The Labute approximate surface area is 150 Å². The molecule has 6 nitrogen and oxygen atoms in total. The third kappa shape index (κ3) is 3.74. The fraction of sp³-hybridized carbons (Fsp3) is 0.438. The lowest BCUT2D eigenvalue weighted by Gasteiger charge is -2.38. The summed E-state index contributed by atoms with van der Waals surface area (Å²) in [5.74, 6) is 1.17. The summed E-state index contributed by atoms with van der Waals surface area (Å²) in [5.41, 5.74) is 5.74. The first kappa shape index (κ1) is 17.3. The Morgan fingerprint density at radius 3 is 2.67 bits per heavy atom. The van der Waals surface area contributed by atoms with E-state index in [2.05, 4.69) is 26.8 Å². The highest BCUT2D eigenvalue weighted by molar-refractivity contribution is 7.99. The molecule has 1 aliphatic rings. The molecule has 3 rings (SSSR count). The molecule has 1 aliphatic heterocycles. The van der Waals surface area contributed by atoms with Gasteiger partial charge in [-0.3, -0.25) is 0 Å². The van der Waals surface area contributed by atoms with Crippen molar-refractivity contribution in [3.8, 4) is 0 Å². The van der Waals surface area contributed by atoms with E-state index in [4.69, 9.17) is 17.3 Å². The van der Waals surface area contributed by atoms with Crippen molar-refractivity contribution in [1.29, 1.82) is 0 Å². The Hall–Kier alpha value is -1.57. The molecule has 24 heavy (non-hydrogen) atoms. The molecule has 0 atom stereocenters. The minimum absolute atomic E-state index is 0.0255. The molecule has 8 heteroatoms. The number of rotatable bonds is 4. The van der Waals surface area contributed by atoms with E-state index in [0.29, 0.717) is 10.8 Å². The van der Waals surface area contributed by atoms with E-state index < -0.39 is 0 Å². The van der Waals surface area contributed by atoms with Crippen LogP contribution in [0, 0.1) is 5.41 Å². The number of aliphatic hydroxyl groups excluding tert-OH is 1. The molecule has 0 radical (unpaired) electrons. The van der Waals surface area contributed by atoms with Gasteiger partial charge in [0.1, 0.15) is 16.7 Å². The van der Waals surface area contributed by atoms with Crippen LogP contribution >= 0.6 is 23.4 Å². The fourth-order valence-electron chi connectivity index (χ4n) is 2.59. The number of hydrogen-bond acceptors (Lipinski definition) is 7. The Balaban J connectivity index is 1.67. The number of halogens is 1. The quantitative estimate of drug-likeness (QED) is 0.861. The van der Waals surface area contributed by atoms with Crippen molar-refractivity contribution in [1.82, 2.24) is 15.0 Å². The van der Waals surface area contributed by atoms with Gasteiger partial charge in [-0.2, -0.15) is 0 Å². The molecule has 0 amide bonds. The van der Waals surface area contributed by atoms with Gasteiger partial charge < -0.3 is 15.7 Å². The smallest absolute Gasteiger partial charge is 0.147 e. The molecule has 0 bridgehead atoms. The molecule has 1 fully saturated rings. The van der Waals surface area contributed by atoms with Gasteiger partial charge in [0.25, 0.3) is 0 Å². The fourth-order valence-corrected chi connectivity index (χ4v) is 3.58. The van der Waals surface area contributed by atoms with Gasteiger partial charge in [-0.15, -0.1) is 0 Å². The number of nitrogens with two attached hydrogens (primary N) is 1. The van der Waals surface area contributed by atoms with Gasteiger partial charge in [0.05, 0.1) is 17.4 Å². The molecule has 128 valence electrons. The number of aromatic nitrogens is 3. The van der Waals surface area contributed by atoms with Crippen LogP contribution in [0.25, 0.3) is 0 Å². The van der Waals surface area contributed by atoms with Crippen LogP contribution in [0.1, 0.15) is 19.8 Å².